The van der Waals surface area contributed by atoms with Crippen LogP contribution in [0.1, 0.15) is 45.3 Å². The van der Waals surface area contributed by atoms with Gasteiger partial charge in [0.05, 0.1) is 23.3 Å². The fourth-order valence-electron chi connectivity index (χ4n) is 2.80. The summed E-state index contributed by atoms with van der Waals surface area (Å²) in [5.41, 5.74) is 6.97. The Balaban J connectivity index is 0.00000392. The second-order valence-electron chi connectivity index (χ2n) is 8.54. The largest absolute Gasteiger partial charge is 0.346 e. The van der Waals surface area contributed by atoms with Crippen molar-refractivity contribution in [1.82, 2.24) is 20.1 Å². The van der Waals surface area contributed by atoms with E-state index in [1.54, 1.807) is 16.2 Å². The molecule has 0 spiro atoms. The Bertz CT molecular complexity index is 655. The maximum Gasteiger partial charge on any atom is 0.242 e. The van der Waals surface area contributed by atoms with Crippen LogP contribution in [0.4, 0.5) is 0 Å². The zero-order valence-corrected chi connectivity index (χ0v) is 20.4. The number of aromatic nitrogens is 1. The molecular weight excluding hydrogens is 433 g/mol. The van der Waals surface area contributed by atoms with Gasteiger partial charge in [-0.25, -0.2) is 4.98 Å². The number of halogens is 2. The lowest BCUT2D eigenvalue weighted by Gasteiger charge is -2.34. The van der Waals surface area contributed by atoms with Crippen molar-refractivity contribution < 1.29 is 9.59 Å². The van der Waals surface area contributed by atoms with Crippen molar-refractivity contribution in [1.29, 1.82) is 0 Å². The van der Waals surface area contributed by atoms with E-state index in [-0.39, 0.29) is 54.5 Å². The number of nitrogens with two attached hydrogens (primary N) is 1. The van der Waals surface area contributed by atoms with Gasteiger partial charge in [0, 0.05) is 43.5 Å². The van der Waals surface area contributed by atoms with Gasteiger partial charge < -0.3 is 16.0 Å². The molecule has 10 heteroatoms. The van der Waals surface area contributed by atoms with E-state index in [0.29, 0.717) is 13.1 Å². The highest BCUT2D eigenvalue weighted by Crippen LogP contribution is 2.26. The topological polar surface area (TPSA) is 91.6 Å². The molecule has 1 saturated heterocycles. The van der Waals surface area contributed by atoms with E-state index in [2.05, 4.69) is 36.4 Å². The lowest BCUT2D eigenvalue weighted by molar-refractivity contribution is -0.134. The van der Waals surface area contributed by atoms with Crippen LogP contribution in [0.15, 0.2) is 5.38 Å². The molecule has 0 radical (unpaired) electrons. The minimum Gasteiger partial charge on any atom is -0.346 e. The third-order valence-corrected chi connectivity index (χ3v) is 6.06. The monoisotopic (exact) mass is 467 g/mol. The minimum atomic E-state index is -0.578. The molecule has 29 heavy (non-hydrogen) atoms. The summed E-state index contributed by atoms with van der Waals surface area (Å²) in [5.74, 6) is -0.272. The lowest BCUT2D eigenvalue weighted by Crippen LogP contribution is -2.52. The van der Waals surface area contributed by atoms with Gasteiger partial charge in [-0.05, 0) is 5.92 Å². The molecule has 1 atom stereocenters. The van der Waals surface area contributed by atoms with Gasteiger partial charge in [-0.1, -0.05) is 34.6 Å². The summed E-state index contributed by atoms with van der Waals surface area (Å²) in [5, 5.41) is 5.94. The maximum absolute atomic E-state index is 12.3. The fourth-order valence-corrected chi connectivity index (χ4v) is 3.70. The molecule has 0 aromatic carbocycles. The predicted molar refractivity (Wildman–Crippen MR) is 123 cm³/mol. The number of amides is 2. The summed E-state index contributed by atoms with van der Waals surface area (Å²) in [4.78, 5) is 33.1. The van der Waals surface area contributed by atoms with Crippen molar-refractivity contribution in [3.05, 3.63) is 16.1 Å². The average molecular weight is 468 g/mol. The van der Waals surface area contributed by atoms with E-state index >= 15 is 0 Å². The number of hydrogen-bond donors (Lipinski definition) is 2. The molecule has 1 aliphatic rings. The van der Waals surface area contributed by atoms with Crippen LogP contribution < -0.4 is 11.1 Å². The van der Waals surface area contributed by atoms with Crippen LogP contribution in [0.3, 0.4) is 0 Å². The Kier molecular flexibility index (Phi) is 11.7. The van der Waals surface area contributed by atoms with Crippen molar-refractivity contribution in [3.63, 3.8) is 0 Å². The molecule has 7 nitrogen and oxygen atoms in total. The number of nitrogens with one attached hydrogen (secondary N) is 1. The Morgan fingerprint density at radius 1 is 1.21 bits per heavy atom. The van der Waals surface area contributed by atoms with Crippen LogP contribution in [-0.2, 0) is 21.5 Å². The summed E-state index contributed by atoms with van der Waals surface area (Å²) in [7, 11) is 0. The molecule has 1 aliphatic heterocycles. The zero-order chi connectivity index (χ0) is 20.2. The van der Waals surface area contributed by atoms with Gasteiger partial charge in [-0.15, -0.1) is 36.2 Å². The number of piperazine rings is 1. The average Bonchev–Trinajstić information content (AvgIpc) is 3.08. The molecule has 1 aromatic rings. The molecule has 0 unspecified atom stereocenters. The van der Waals surface area contributed by atoms with E-state index in [1.165, 1.54) is 0 Å². The van der Waals surface area contributed by atoms with Crippen LogP contribution in [0.5, 0.6) is 0 Å². The van der Waals surface area contributed by atoms with Gasteiger partial charge in [0.1, 0.15) is 0 Å². The van der Waals surface area contributed by atoms with E-state index in [9.17, 15) is 9.59 Å². The van der Waals surface area contributed by atoms with Gasteiger partial charge in [0.15, 0.2) is 0 Å². The molecule has 168 valence electrons. The SMILES string of the molecule is CC(C)[C@H](N)C(=O)NCC(=O)N1CCN(Cc2csc(C(C)(C)C)n2)CC1.Cl.Cl. The molecule has 2 heterocycles. The van der Waals surface area contributed by atoms with Crippen LogP contribution in [0.25, 0.3) is 0 Å². The first kappa shape index (κ1) is 28.1. The highest BCUT2D eigenvalue weighted by atomic mass is 35.5. The Morgan fingerprint density at radius 3 is 2.28 bits per heavy atom. The van der Waals surface area contributed by atoms with Crippen LogP contribution >= 0.6 is 36.2 Å². The number of nitrogens with zero attached hydrogens (tertiary/aromatic N) is 3. The quantitative estimate of drug-likeness (QED) is 0.667. The highest BCUT2D eigenvalue weighted by molar-refractivity contribution is 7.09. The Morgan fingerprint density at radius 2 is 1.79 bits per heavy atom. The first-order valence-corrected chi connectivity index (χ1v) is 10.4. The van der Waals surface area contributed by atoms with Crippen molar-refractivity contribution in [2.75, 3.05) is 32.7 Å². The van der Waals surface area contributed by atoms with Crippen molar-refractivity contribution in [2.24, 2.45) is 11.7 Å². The third kappa shape index (κ3) is 8.38. The minimum absolute atomic E-state index is 0. The number of hydrogen-bond acceptors (Lipinski definition) is 6. The molecule has 2 rings (SSSR count). The molecule has 1 fully saturated rings. The van der Waals surface area contributed by atoms with E-state index in [4.69, 9.17) is 10.7 Å². The van der Waals surface area contributed by atoms with Gasteiger partial charge in [0.25, 0.3) is 0 Å². The third-order valence-electron chi connectivity index (χ3n) is 4.74. The highest BCUT2D eigenvalue weighted by Gasteiger charge is 2.24. The molecular formula is C19H35Cl2N5O2S. The first-order valence-electron chi connectivity index (χ1n) is 9.56. The molecule has 3 N–H and O–H groups in total. The molecule has 0 aliphatic carbocycles. The molecule has 1 aromatic heterocycles. The summed E-state index contributed by atoms with van der Waals surface area (Å²) >= 11 is 1.71. The molecule has 0 saturated carbocycles. The number of rotatable bonds is 6. The molecule has 0 bridgehead atoms. The Labute approximate surface area is 190 Å². The summed E-state index contributed by atoms with van der Waals surface area (Å²) in [6.07, 6.45) is 0. The second kappa shape index (κ2) is 12.1. The smallest absolute Gasteiger partial charge is 0.242 e. The van der Waals surface area contributed by atoms with Crippen LogP contribution in [-0.4, -0.2) is 65.4 Å². The zero-order valence-electron chi connectivity index (χ0n) is 17.9. The summed E-state index contributed by atoms with van der Waals surface area (Å²) < 4.78 is 0. The summed E-state index contributed by atoms with van der Waals surface area (Å²) in [6.45, 7) is 14.1. The number of thiazole rings is 1. The van der Waals surface area contributed by atoms with Gasteiger partial charge >= 0.3 is 0 Å². The standard InChI is InChI=1S/C19H33N5O2S.2ClH/c1-13(2)16(20)17(26)21-10-15(25)24-8-6-23(7-9-24)11-14-12-27-18(22-14)19(3,4)5;;/h12-13,16H,6-11,20H2,1-5H3,(H,21,26);2*1H/t16-;;/m0../s1. The fraction of sp³-hybridized carbons (Fsp3) is 0.737. The van der Waals surface area contributed by atoms with E-state index in [1.807, 2.05) is 13.8 Å². The van der Waals surface area contributed by atoms with Crippen molar-refractivity contribution >= 4 is 48.0 Å². The maximum atomic E-state index is 12.3. The van der Waals surface area contributed by atoms with Gasteiger partial charge in [0.2, 0.25) is 11.8 Å². The second-order valence-corrected chi connectivity index (χ2v) is 9.40. The van der Waals surface area contributed by atoms with E-state index < -0.39 is 6.04 Å². The van der Waals surface area contributed by atoms with Crippen LogP contribution in [0.2, 0.25) is 0 Å². The van der Waals surface area contributed by atoms with Gasteiger partial charge in [-0.3, -0.25) is 14.5 Å². The predicted octanol–water partition coefficient (Wildman–Crippen LogP) is 2.03. The van der Waals surface area contributed by atoms with Gasteiger partial charge in [-0.2, -0.15) is 0 Å². The normalized spacial score (nSPS) is 16.0. The lowest BCUT2D eigenvalue weighted by atomic mass is 9.98. The Hall–Kier alpha value is -0.930. The van der Waals surface area contributed by atoms with Crippen LogP contribution in [0, 0.1) is 5.92 Å². The number of carbonyl (C=O) groups excluding carboxylic acids is 2. The van der Waals surface area contributed by atoms with Crippen molar-refractivity contribution in [3.8, 4) is 0 Å². The molecule has 2 amide bonds. The summed E-state index contributed by atoms with van der Waals surface area (Å²) in [6, 6.07) is -0.578. The number of carbonyl (C=O) groups is 2. The first-order chi connectivity index (χ1) is 12.6. The van der Waals surface area contributed by atoms with E-state index in [0.717, 1.165) is 30.3 Å². The van der Waals surface area contributed by atoms with Crippen molar-refractivity contribution in [2.45, 2.75) is 52.6 Å².